The quantitative estimate of drug-likeness (QED) is 0.0707. The number of aliphatic carboxylic acids is 1. The highest BCUT2D eigenvalue weighted by atomic mass is 35.5. The third-order valence-electron chi connectivity index (χ3n) is 6.28. The highest BCUT2D eigenvalue weighted by molar-refractivity contribution is 7.98. The van der Waals surface area contributed by atoms with Gasteiger partial charge in [0.05, 0.1) is 11.3 Å². The zero-order chi connectivity index (χ0) is 36.8. The molecule has 0 fully saturated rings. The fraction of sp³-hybridized carbons (Fsp3) is 0.273. The van der Waals surface area contributed by atoms with Gasteiger partial charge in [-0.15, -0.1) is 11.3 Å². The third kappa shape index (κ3) is 11.3. The number of carbonyl (C=O) groups excluding carboxylic acids is 1. The van der Waals surface area contributed by atoms with Gasteiger partial charge in [-0.05, 0) is 43.2 Å². The maximum atomic E-state index is 11.5. The maximum Gasteiger partial charge on any atom is 0.490 e. The summed E-state index contributed by atoms with van der Waals surface area (Å²) in [5.41, 5.74) is 9.11. The first-order valence-corrected chi connectivity index (χ1v) is 16.9. The average Bonchev–Trinajstić information content (AvgIpc) is 3.57. The summed E-state index contributed by atoms with van der Waals surface area (Å²) in [7, 11) is 0. The summed E-state index contributed by atoms with van der Waals surface area (Å²) in [6.45, 7) is 4.42. The zero-order valence-electron chi connectivity index (χ0n) is 26.6. The minimum atomic E-state index is -5.08. The summed E-state index contributed by atoms with van der Waals surface area (Å²) < 4.78 is 42.4. The minimum Gasteiger partial charge on any atom is -0.490 e. The molecule has 0 aliphatic heterocycles. The number of benzene rings is 2. The first-order chi connectivity index (χ1) is 23.8. The van der Waals surface area contributed by atoms with Gasteiger partial charge < -0.3 is 25.6 Å². The number of esters is 1. The van der Waals surface area contributed by atoms with Crippen LogP contribution in [0.15, 0.2) is 58.9 Å². The van der Waals surface area contributed by atoms with E-state index in [1.807, 2.05) is 36.6 Å². The van der Waals surface area contributed by atoms with Crippen LogP contribution in [0.1, 0.15) is 37.1 Å². The molecular weight excluding hydrogens is 717 g/mol. The van der Waals surface area contributed by atoms with Crippen LogP contribution < -0.4 is 15.8 Å². The Balaban J connectivity index is 0.000000872. The molecule has 0 radical (unpaired) electrons. The normalized spacial score (nSPS) is 11.3. The number of carbonyl (C=O) groups is 2. The van der Waals surface area contributed by atoms with E-state index >= 15 is 0 Å². The van der Waals surface area contributed by atoms with Crippen molar-refractivity contribution in [3.8, 4) is 39.6 Å². The Morgan fingerprint density at radius 2 is 1.68 bits per heavy atom. The molecule has 1 atom stereocenters. The van der Waals surface area contributed by atoms with Crippen LogP contribution in [-0.4, -0.2) is 59.0 Å². The fourth-order valence-electron chi connectivity index (χ4n) is 3.93. The van der Waals surface area contributed by atoms with Crippen molar-refractivity contribution in [2.75, 3.05) is 25.1 Å². The molecular formula is C33H30ClF3N6O5S2. The van der Waals surface area contributed by atoms with Crippen LogP contribution in [0.2, 0.25) is 5.02 Å². The number of carboxylic acids is 1. The minimum absolute atomic E-state index is 0.0663. The van der Waals surface area contributed by atoms with Crippen LogP contribution in [0.5, 0.6) is 5.75 Å². The van der Waals surface area contributed by atoms with E-state index in [2.05, 4.69) is 17.5 Å². The van der Waals surface area contributed by atoms with Crippen molar-refractivity contribution < 1.29 is 37.3 Å². The second-order valence-electron chi connectivity index (χ2n) is 10.1. The van der Waals surface area contributed by atoms with Crippen LogP contribution in [0.4, 0.5) is 19.0 Å². The van der Waals surface area contributed by atoms with Gasteiger partial charge in [0.1, 0.15) is 58.6 Å². The molecule has 2 aromatic heterocycles. The Bertz CT molecular complexity index is 1860. The number of carboxylic acid groups (broad SMARTS) is 1. The summed E-state index contributed by atoms with van der Waals surface area (Å²) in [4.78, 5) is 29.9. The van der Waals surface area contributed by atoms with Crippen molar-refractivity contribution in [1.82, 2.24) is 9.97 Å². The van der Waals surface area contributed by atoms with Gasteiger partial charge in [-0.1, -0.05) is 54.6 Å². The summed E-state index contributed by atoms with van der Waals surface area (Å²) in [6.07, 6.45) is -4.25. The standard InChI is InChI=1S/C31H29ClN6O3S2.C2HF3O2/c1-3-12-36-28-25(15-33)27(20-6-10-24(11-7-20)40-13-14-41-31(39)19(2)35)26(16-34)30(38-28)43-18-23-17-42-29(37-23)21-4-8-22(32)9-5-21;3-2(4,5)1(6)7/h4-11,17,19H,3,12-14,18,35H2,1-2H3,(H,36,38);(H,6,7)/t19-;/m0./s1. The molecule has 0 spiro atoms. The Labute approximate surface area is 298 Å². The molecule has 0 amide bonds. The molecule has 0 unspecified atom stereocenters. The number of hydrogen-bond donors (Lipinski definition) is 3. The SMILES string of the molecule is CCCNc1nc(SCc2csc(-c3ccc(Cl)cc3)n2)c(C#N)c(-c2ccc(OCCOC(=O)[C@H](C)N)cc2)c1C#N.O=C(O)C(F)(F)F. The Morgan fingerprint density at radius 1 is 1.06 bits per heavy atom. The number of anilines is 1. The molecule has 11 nitrogen and oxygen atoms in total. The van der Waals surface area contributed by atoms with Gasteiger partial charge in [0.2, 0.25) is 0 Å². The first-order valence-electron chi connectivity index (χ1n) is 14.7. The van der Waals surface area contributed by atoms with Crippen molar-refractivity contribution in [2.24, 2.45) is 5.73 Å². The smallest absolute Gasteiger partial charge is 0.490 e. The number of pyridine rings is 1. The number of nitrogens with two attached hydrogens (primary N) is 1. The lowest BCUT2D eigenvalue weighted by molar-refractivity contribution is -0.192. The predicted molar refractivity (Wildman–Crippen MR) is 184 cm³/mol. The third-order valence-corrected chi connectivity index (χ3v) is 8.48. The highest BCUT2D eigenvalue weighted by Crippen LogP contribution is 2.38. The first kappa shape index (κ1) is 39.6. The molecule has 4 aromatic rings. The summed E-state index contributed by atoms with van der Waals surface area (Å²) in [5.74, 6) is -1.79. The number of aromatic nitrogens is 2. The van der Waals surface area contributed by atoms with E-state index in [1.54, 1.807) is 31.2 Å². The number of thiazole rings is 1. The molecule has 4 N–H and O–H groups in total. The van der Waals surface area contributed by atoms with Crippen LogP contribution in [0.25, 0.3) is 21.7 Å². The van der Waals surface area contributed by atoms with E-state index in [1.165, 1.54) is 23.1 Å². The molecule has 2 heterocycles. The number of nitrogens with zero attached hydrogens (tertiary/aromatic N) is 4. The molecule has 0 bridgehead atoms. The van der Waals surface area contributed by atoms with E-state index < -0.39 is 24.2 Å². The Hall–Kier alpha value is -4.87. The van der Waals surface area contributed by atoms with E-state index in [4.69, 9.17) is 46.7 Å². The van der Waals surface area contributed by atoms with E-state index in [-0.39, 0.29) is 13.2 Å². The monoisotopic (exact) mass is 746 g/mol. The summed E-state index contributed by atoms with van der Waals surface area (Å²) >= 11 is 8.95. The lowest BCUT2D eigenvalue weighted by Crippen LogP contribution is -2.29. The second-order valence-corrected chi connectivity index (χ2v) is 12.4. The molecule has 0 aliphatic carbocycles. The number of nitrogens with one attached hydrogen (secondary N) is 1. The van der Waals surface area contributed by atoms with Gasteiger partial charge in [0.15, 0.2) is 0 Å². The van der Waals surface area contributed by atoms with E-state index in [9.17, 15) is 28.5 Å². The molecule has 0 saturated heterocycles. The Morgan fingerprint density at radius 3 is 2.24 bits per heavy atom. The number of thioether (sulfide) groups is 1. The summed E-state index contributed by atoms with van der Waals surface area (Å²) in [5, 5.41) is 34.8. The lowest BCUT2D eigenvalue weighted by atomic mass is 9.96. The number of halogens is 4. The zero-order valence-corrected chi connectivity index (χ0v) is 29.0. The van der Waals surface area contributed by atoms with Gasteiger partial charge in [-0.2, -0.15) is 23.7 Å². The van der Waals surface area contributed by atoms with Gasteiger partial charge in [-0.25, -0.2) is 14.8 Å². The van der Waals surface area contributed by atoms with E-state index in [0.29, 0.717) is 56.2 Å². The van der Waals surface area contributed by atoms with Crippen molar-refractivity contribution >= 4 is 52.5 Å². The van der Waals surface area contributed by atoms with Crippen LogP contribution in [0, 0.1) is 22.7 Å². The lowest BCUT2D eigenvalue weighted by Gasteiger charge is -2.16. The molecule has 2 aromatic carbocycles. The number of rotatable bonds is 13. The van der Waals surface area contributed by atoms with Gasteiger partial charge in [0.25, 0.3) is 0 Å². The van der Waals surface area contributed by atoms with Crippen LogP contribution in [0.3, 0.4) is 0 Å². The van der Waals surface area contributed by atoms with Gasteiger partial charge in [-0.3, -0.25) is 4.79 Å². The number of ether oxygens (including phenoxy) is 2. The van der Waals surface area contributed by atoms with Crippen molar-refractivity contribution in [3.63, 3.8) is 0 Å². The second kappa shape index (κ2) is 18.8. The number of alkyl halides is 3. The fourth-order valence-corrected chi connectivity index (χ4v) is 5.87. The largest absolute Gasteiger partial charge is 0.490 e. The highest BCUT2D eigenvalue weighted by Gasteiger charge is 2.38. The van der Waals surface area contributed by atoms with Crippen LogP contribution in [-0.2, 0) is 20.1 Å². The molecule has 262 valence electrons. The summed E-state index contributed by atoms with van der Waals surface area (Å²) in [6, 6.07) is 18.4. The van der Waals surface area contributed by atoms with Crippen LogP contribution >= 0.6 is 34.7 Å². The van der Waals surface area contributed by atoms with Gasteiger partial charge in [0, 0.05) is 33.8 Å². The van der Waals surface area contributed by atoms with E-state index in [0.717, 1.165) is 22.7 Å². The molecule has 0 saturated carbocycles. The molecule has 4 rings (SSSR count). The predicted octanol–water partition coefficient (Wildman–Crippen LogP) is 7.29. The Kier molecular flexibility index (Phi) is 14.9. The molecule has 50 heavy (non-hydrogen) atoms. The maximum absolute atomic E-state index is 11.5. The van der Waals surface area contributed by atoms with Crippen molar-refractivity contribution in [3.05, 3.63) is 75.8 Å². The average molecular weight is 747 g/mol. The van der Waals surface area contributed by atoms with Crippen molar-refractivity contribution in [1.29, 1.82) is 10.5 Å². The topological polar surface area (TPSA) is 184 Å². The molecule has 0 aliphatic rings. The molecule has 17 heteroatoms. The van der Waals surface area contributed by atoms with Gasteiger partial charge >= 0.3 is 18.1 Å². The number of nitriles is 2. The van der Waals surface area contributed by atoms with Crippen molar-refractivity contribution in [2.45, 2.75) is 43.3 Å². The number of hydrogen-bond acceptors (Lipinski definition) is 12.